The average molecular weight is 496 g/mol. The number of hydrogen-bond donors (Lipinski definition) is 0. The van der Waals surface area contributed by atoms with Crippen molar-refractivity contribution >= 4 is 21.5 Å². The van der Waals surface area contributed by atoms with Gasteiger partial charge in [0, 0.05) is 32.2 Å². The maximum absolute atomic E-state index is 13.7. The van der Waals surface area contributed by atoms with Crippen LogP contribution in [0, 0.1) is 12.7 Å². The first-order valence-electron chi connectivity index (χ1n) is 11.4. The van der Waals surface area contributed by atoms with Crippen LogP contribution < -0.4 is 9.47 Å². The maximum Gasteiger partial charge on any atom is 0.243 e. The van der Waals surface area contributed by atoms with Crippen molar-refractivity contribution in [3.8, 4) is 17.2 Å². The van der Waals surface area contributed by atoms with E-state index in [0.29, 0.717) is 49.0 Å². The predicted molar refractivity (Wildman–Crippen MR) is 132 cm³/mol. The summed E-state index contributed by atoms with van der Waals surface area (Å²) in [5.74, 6) is 2.09. The molecule has 0 saturated carbocycles. The van der Waals surface area contributed by atoms with Crippen LogP contribution in [0.25, 0.3) is 0 Å². The number of rotatable bonds is 3. The molecular weight excluding hydrogens is 469 g/mol. The zero-order chi connectivity index (χ0) is 24.6. The Kier molecular flexibility index (Phi) is 6.21. The van der Waals surface area contributed by atoms with Crippen molar-refractivity contribution in [3.05, 3.63) is 77.6 Å². The van der Waals surface area contributed by atoms with E-state index >= 15 is 0 Å². The molecule has 0 atom stereocenters. The molecule has 0 spiro atoms. The number of hydrogen-bond acceptors (Lipinski definition) is 6. The minimum atomic E-state index is -3.81. The highest BCUT2D eigenvalue weighted by Gasteiger charge is 2.30. The topological polar surface area (TPSA) is 71.4 Å². The van der Waals surface area contributed by atoms with Crippen molar-refractivity contribution in [1.29, 1.82) is 0 Å². The van der Waals surface area contributed by atoms with Gasteiger partial charge in [-0.3, -0.25) is 0 Å². The largest absolute Gasteiger partial charge is 0.497 e. The fourth-order valence-corrected chi connectivity index (χ4v) is 5.85. The lowest BCUT2D eigenvalue weighted by atomic mass is 10.1. The Labute approximate surface area is 204 Å². The van der Waals surface area contributed by atoms with Crippen LogP contribution in [-0.4, -0.2) is 56.7 Å². The van der Waals surface area contributed by atoms with Crippen LogP contribution in [0.1, 0.15) is 17.5 Å². The number of ether oxygens (including phenoxy) is 2. The van der Waals surface area contributed by atoms with Crippen molar-refractivity contribution < 1.29 is 22.3 Å². The van der Waals surface area contributed by atoms with E-state index in [0.717, 1.165) is 23.0 Å². The summed E-state index contributed by atoms with van der Waals surface area (Å²) in [6.45, 7) is 3.63. The molecule has 0 radical (unpaired) electrons. The van der Waals surface area contributed by atoms with Gasteiger partial charge in [0.15, 0.2) is 5.75 Å². The summed E-state index contributed by atoms with van der Waals surface area (Å²) in [7, 11) is -2.20. The van der Waals surface area contributed by atoms with E-state index in [2.05, 4.69) is 4.90 Å². The highest BCUT2D eigenvalue weighted by Crippen LogP contribution is 2.40. The minimum Gasteiger partial charge on any atom is -0.497 e. The Morgan fingerprint density at radius 2 is 1.83 bits per heavy atom. The number of nitrogens with zero attached hydrogens (tertiary/aromatic N) is 3. The number of amidine groups is 1. The highest BCUT2D eigenvalue weighted by molar-refractivity contribution is 7.89. The third-order valence-corrected chi connectivity index (χ3v) is 8.07. The lowest BCUT2D eigenvalue weighted by Gasteiger charge is -2.25. The second-order valence-corrected chi connectivity index (χ2v) is 10.5. The molecule has 1 saturated heterocycles. The molecule has 0 amide bonds. The van der Waals surface area contributed by atoms with E-state index in [4.69, 9.17) is 14.5 Å². The summed E-state index contributed by atoms with van der Waals surface area (Å²) in [6.07, 6.45) is 0.598. The average Bonchev–Trinajstić information content (AvgIpc) is 3.18. The van der Waals surface area contributed by atoms with Crippen molar-refractivity contribution in [2.75, 3.05) is 33.3 Å². The van der Waals surface area contributed by atoms with Crippen molar-refractivity contribution in [3.63, 3.8) is 0 Å². The number of benzene rings is 3. The Hall–Kier alpha value is -3.43. The third kappa shape index (κ3) is 4.61. The molecule has 182 valence electrons. The normalized spacial score (nSPS) is 16.3. The minimum absolute atomic E-state index is 0.0344. The van der Waals surface area contributed by atoms with Crippen LogP contribution in [-0.2, 0) is 10.0 Å². The number of fused-ring (bicyclic) bond motifs is 2. The fourth-order valence-electron chi connectivity index (χ4n) is 4.35. The lowest BCUT2D eigenvalue weighted by Crippen LogP contribution is -2.37. The van der Waals surface area contributed by atoms with E-state index in [1.165, 1.54) is 22.5 Å². The zero-order valence-electron chi connectivity index (χ0n) is 19.6. The SMILES string of the molecule is COc1ccc2c(c1)Oc1cc(C)ccc1N=C2N1CCCN(S(=O)(=O)c2cccc(F)c2)CC1. The first-order chi connectivity index (χ1) is 16.8. The van der Waals surface area contributed by atoms with Crippen molar-refractivity contribution in [2.45, 2.75) is 18.2 Å². The van der Waals surface area contributed by atoms with E-state index < -0.39 is 15.8 Å². The van der Waals surface area contributed by atoms with Crippen LogP contribution in [0.3, 0.4) is 0 Å². The van der Waals surface area contributed by atoms with Gasteiger partial charge in [-0.1, -0.05) is 12.1 Å². The molecule has 1 fully saturated rings. The number of methoxy groups -OCH3 is 1. The molecule has 5 rings (SSSR count). The van der Waals surface area contributed by atoms with Crippen molar-refractivity contribution in [1.82, 2.24) is 9.21 Å². The maximum atomic E-state index is 13.7. The summed E-state index contributed by atoms with van der Waals surface area (Å²) in [5.41, 5.74) is 2.56. The Balaban J connectivity index is 1.49. The first kappa shape index (κ1) is 23.3. The Morgan fingerprint density at radius 3 is 2.63 bits per heavy atom. The number of sulfonamides is 1. The summed E-state index contributed by atoms with van der Waals surface area (Å²) in [6, 6.07) is 16.6. The quantitative estimate of drug-likeness (QED) is 0.526. The Bertz CT molecular complexity index is 1410. The van der Waals surface area contributed by atoms with Gasteiger partial charge in [0.25, 0.3) is 0 Å². The highest BCUT2D eigenvalue weighted by atomic mass is 32.2. The van der Waals surface area contributed by atoms with Gasteiger partial charge in [-0.15, -0.1) is 0 Å². The number of halogens is 1. The van der Waals surface area contributed by atoms with Crippen molar-refractivity contribution in [2.24, 2.45) is 4.99 Å². The van der Waals surface area contributed by atoms with Gasteiger partial charge in [-0.05, 0) is 61.4 Å². The molecule has 2 aliphatic heterocycles. The van der Waals surface area contributed by atoms with E-state index in [9.17, 15) is 12.8 Å². The molecule has 2 aliphatic rings. The molecule has 9 heteroatoms. The van der Waals surface area contributed by atoms with Gasteiger partial charge in [0.2, 0.25) is 10.0 Å². The molecule has 35 heavy (non-hydrogen) atoms. The molecule has 0 unspecified atom stereocenters. The lowest BCUT2D eigenvalue weighted by molar-refractivity contribution is 0.404. The Morgan fingerprint density at radius 1 is 0.971 bits per heavy atom. The molecule has 0 bridgehead atoms. The van der Waals surface area contributed by atoms with Gasteiger partial charge in [-0.25, -0.2) is 17.8 Å². The zero-order valence-corrected chi connectivity index (χ0v) is 20.4. The smallest absolute Gasteiger partial charge is 0.243 e. The molecule has 0 N–H and O–H groups in total. The third-order valence-electron chi connectivity index (χ3n) is 6.18. The molecular formula is C26H26FN3O4S. The molecule has 2 heterocycles. The predicted octanol–water partition coefficient (Wildman–Crippen LogP) is 4.72. The van der Waals surface area contributed by atoms with Crippen LogP contribution >= 0.6 is 0 Å². The summed E-state index contributed by atoms with van der Waals surface area (Å²) < 4.78 is 53.1. The van der Waals surface area contributed by atoms with E-state index in [1.54, 1.807) is 7.11 Å². The first-order valence-corrected chi connectivity index (χ1v) is 12.9. The van der Waals surface area contributed by atoms with Gasteiger partial charge < -0.3 is 14.4 Å². The van der Waals surface area contributed by atoms with Gasteiger partial charge in [0.05, 0.1) is 17.6 Å². The summed E-state index contributed by atoms with van der Waals surface area (Å²) in [5, 5.41) is 0. The monoisotopic (exact) mass is 495 g/mol. The van der Waals surface area contributed by atoms with Gasteiger partial charge in [-0.2, -0.15) is 4.31 Å². The summed E-state index contributed by atoms with van der Waals surface area (Å²) >= 11 is 0. The molecule has 3 aromatic carbocycles. The molecule has 0 aliphatic carbocycles. The molecule has 7 nitrogen and oxygen atoms in total. The second kappa shape index (κ2) is 9.31. The standard InChI is InChI=1S/C26H26FN3O4S/c1-18-7-10-23-25(15-18)34-24-17-20(33-2)8-9-22(24)26(28-23)29-11-4-12-30(14-13-29)35(31,32)21-6-3-5-19(27)16-21/h3,5-10,15-17H,4,11-14H2,1-2H3. The second-order valence-electron chi connectivity index (χ2n) is 8.57. The number of aryl methyl sites for hydroxylation is 1. The fraction of sp³-hybridized carbons (Fsp3) is 0.269. The van der Waals surface area contributed by atoms with Gasteiger partial charge >= 0.3 is 0 Å². The van der Waals surface area contributed by atoms with Crippen LogP contribution in [0.4, 0.5) is 10.1 Å². The van der Waals surface area contributed by atoms with Gasteiger partial charge in [0.1, 0.15) is 28.8 Å². The van der Waals surface area contributed by atoms with Crippen LogP contribution in [0.15, 0.2) is 70.6 Å². The van der Waals surface area contributed by atoms with Crippen LogP contribution in [0.5, 0.6) is 17.2 Å². The van der Waals surface area contributed by atoms with Crippen LogP contribution in [0.2, 0.25) is 0 Å². The molecule has 3 aromatic rings. The summed E-state index contributed by atoms with van der Waals surface area (Å²) in [4.78, 5) is 7.01. The number of aliphatic imine (C=N–C) groups is 1. The molecule has 0 aromatic heterocycles. The van der Waals surface area contributed by atoms with E-state index in [1.807, 2.05) is 43.3 Å². The van der Waals surface area contributed by atoms with E-state index in [-0.39, 0.29) is 11.4 Å².